The number of hydrogen-bond acceptors (Lipinski definition) is 5. The van der Waals surface area contributed by atoms with Crippen LogP contribution in [0.5, 0.6) is 11.5 Å². The lowest BCUT2D eigenvalue weighted by Gasteiger charge is -2.17. The first-order valence-corrected chi connectivity index (χ1v) is 10.8. The van der Waals surface area contributed by atoms with Crippen LogP contribution >= 0.6 is 0 Å². The monoisotopic (exact) mass is 425 g/mol. The first kappa shape index (κ1) is 22.6. The van der Waals surface area contributed by atoms with Gasteiger partial charge < -0.3 is 20.1 Å². The van der Waals surface area contributed by atoms with Gasteiger partial charge in [-0.25, -0.2) is 0 Å². The molecule has 0 radical (unpaired) electrons. The Balaban J connectivity index is 1.49. The molecule has 0 aromatic heterocycles. The number of fused-ring (bicyclic) bond motifs is 1. The van der Waals surface area contributed by atoms with E-state index in [4.69, 9.17) is 9.47 Å². The molecule has 0 saturated heterocycles. The number of rotatable bonds is 10. The first-order valence-electron chi connectivity index (χ1n) is 10.8. The lowest BCUT2D eigenvalue weighted by molar-refractivity contribution is -0.119. The Morgan fingerprint density at radius 3 is 2.10 bits per heavy atom. The van der Waals surface area contributed by atoms with E-state index in [0.717, 1.165) is 18.5 Å². The van der Waals surface area contributed by atoms with Gasteiger partial charge in [0.1, 0.15) is 0 Å². The van der Waals surface area contributed by atoms with Crippen LogP contribution in [-0.2, 0) is 22.4 Å². The fourth-order valence-electron chi connectivity index (χ4n) is 3.73. The summed E-state index contributed by atoms with van der Waals surface area (Å²) in [6.45, 7) is 5.04. The van der Waals surface area contributed by atoms with E-state index in [1.54, 1.807) is 30.1 Å². The van der Waals surface area contributed by atoms with Crippen LogP contribution in [0.3, 0.4) is 0 Å². The van der Waals surface area contributed by atoms with Crippen LogP contribution in [0.2, 0.25) is 0 Å². The minimum absolute atomic E-state index is 0.0921. The highest BCUT2D eigenvalue weighted by Gasteiger charge is 2.15. The number of nitrogens with zero attached hydrogens (tertiary/aromatic N) is 1. The molecule has 1 aliphatic carbocycles. The molecule has 2 aromatic rings. The van der Waals surface area contributed by atoms with E-state index in [-0.39, 0.29) is 24.9 Å². The second-order valence-corrected chi connectivity index (χ2v) is 7.63. The molecule has 2 aromatic carbocycles. The SMILES string of the molecule is CCOc1ccc(NC(=O)CN(C)CC(=O)Nc2ccc3c(c2)CCC3)cc1OCC. The van der Waals surface area contributed by atoms with E-state index in [0.29, 0.717) is 30.4 Å². The maximum Gasteiger partial charge on any atom is 0.238 e. The largest absolute Gasteiger partial charge is 0.490 e. The van der Waals surface area contributed by atoms with Gasteiger partial charge in [-0.05, 0) is 75.5 Å². The molecule has 2 amide bonds. The van der Waals surface area contributed by atoms with Gasteiger partial charge in [0.25, 0.3) is 0 Å². The van der Waals surface area contributed by atoms with Gasteiger partial charge in [0.15, 0.2) is 11.5 Å². The van der Waals surface area contributed by atoms with E-state index >= 15 is 0 Å². The lowest BCUT2D eigenvalue weighted by atomic mass is 10.1. The van der Waals surface area contributed by atoms with Crippen LogP contribution in [0.1, 0.15) is 31.4 Å². The summed E-state index contributed by atoms with van der Waals surface area (Å²) in [7, 11) is 1.74. The number of nitrogens with one attached hydrogen (secondary N) is 2. The van der Waals surface area contributed by atoms with Crippen molar-refractivity contribution in [2.45, 2.75) is 33.1 Å². The molecule has 7 heteroatoms. The summed E-state index contributed by atoms with van der Waals surface area (Å²) >= 11 is 0. The molecule has 0 fully saturated rings. The van der Waals surface area contributed by atoms with Crippen LogP contribution in [0.25, 0.3) is 0 Å². The zero-order valence-corrected chi connectivity index (χ0v) is 18.5. The predicted molar refractivity (Wildman–Crippen MR) is 122 cm³/mol. The average molecular weight is 426 g/mol. The number of amides is 2. The number of hydrogen-bond donors (Lipinski definition) is 2. The van der Waals surface area contributed by atoms with Crippen molar-refractivity contribution in [3.8, 4) is 11.5 Å². The van der Waals surface area contributed by atoms with Crippen molar-refractivity contribution in [3.63, 3.8) is 0 Å². The summed E-state index contributed by atoms with van der Waals surface area (Å²) in [6, 6.07) is 11.4. The lowest BCUT2D eigenvalue weighted by Crippen LogP contribution is -2.36. The Hall–Kier alpha value is -3.06. The summed E-state index contributed by atoms with van der Waals surface area (Å²) in [5, 5.41) is 5.77. The first-order chi connectivity index (χ1) is 15.0. The van der Waals surface area contributed by atoms with Crippen LogP contribution in [0.15, 0.2) is 36.4 Å². The van der Waals surface area contributed by atoms with E-state index < -0.39 is 0 Å². The minimum atomic E-state index is -0.209. The summed E-state index contributed by atoms with van der Waals surface area (Å²) in [5.41, 5.74) is 4.11. The molecular weight excluding hydrogens is 394 g/mol. The summed E-state index contributed by atoms with van der Waals surface area (Å²) in [4.78, 5) is 26.5. The van der Waals surface area contributed by atoms with Crippen molar-refractivity contribution in [2.75, 3.05) is 44.0 Å². The van der Waals surface area contributed by atoms with Gasteiger partial charge in [-0.1, -0.05) is 6.07 Å². The van der Waals surface area contributed by atoms with Gasteiger partial charge in [-0.3, -0.25) is 14.5 Å². The molecular formula is C24H31N3O4. The van der Waals surface area contributed by atoms with Gasteiger partial charge in [0.2, 0.25) is 11.8 Å². The Kier molecular flexibility index (Phi) is 7.89. The molecule has 1 aliphatic rings. The predicted octanol–water partition coefficient (Wildman–Crippen LogP) is 3.48. The molecule has 166 valence electrons. The van der Waals surface area contributed by atoms with E-state index in [1.165, 1.54) is 17.5 Å². The molecule has 0 aliphatic heterocycles. The highest BCUT2D eigenvalue weighted by atomic mass is 16.5. The summed E-state index contributed by atoms with van der Waals surface area (Å²) < 4.78 is 11.1. The summed E-state index contributed by atoms with van der Waals surface area (Å²) in [5.74, 6) is 0.874. The molecule has 0 bridgehead atoms. The number of ether oxygens (including phenoxy) is 2. The number of benzene rings is 2. The highest BCUT2D eigenvalue weighted by molar-refractivity contribution is 5.95. The van der Waals surface area contributed by atoms with Crippen LogP contribution in [0, 0.1) is 0 Å². The smallest absolute Gasteiger partial charge is 0.238 e. The third kappa shape index (κ3) is 6.46. The van der Waals surface area contributed by atoms with Crippen molar-refractivity contribution >= 4 is 23.2 Å². The minimum Gasteiger partial charge on any atom is -0.490 e. The molecule has 2 N–H and O–H groups in total. The third-order valence-electron chi connectivity index (χ3n) is 5.04. The number of anilines is 2. The second-order valence-electron chi connectivity index (χ2n) is 7.63. The van der Waals surface area contributed by atoms with Crippen molar-refractivity contribution in [1.29, 1.82) is 0 Å². The Bertz CT molecular complexity index is 929. The topological polar surface area (TPSA) is 79.9 Å². The number of carbonyl (C=O) groups is 2. The van der Waals surface area contributed by atoms with Crippen molar-refractivity contribution in [2.24, 2.45) is 0 Å². The third-order valence-corrected chi connectivity index (χ3v) is 5.04. The molecule has 0 saturated carbocycles. The molecule has 7 nitrogen and oxygen atoms in total. The van der Waals surface area contributed by atoms with Gasteiger partial charge in [-0.15, -0.1) is 0 Å². The Labute approximate surface area is 183 Å². The van der Waals surface area contributed by atoms with Crippen LogP contribution in [0.4, 0.5) is 11.4 Å². The fraction of sp³-hybridized carbons (Fsp3) is 0.417. The summed E-state index contributed by atoms with van der Waals surface area (Å²) in [6.07, 6.45) is 3.35. The van der Waals surface area contributed by atoms with E-state index in [2.05, 4.69) is 22.8 Å². The zero-order chi connectivity index (χ0) is 22.2. The second kappa shape index (κ2) is 10.8. The van der Waals surface area contributed by atoms with Gasteiger partial charge in [0.05, 0.1) is 26.3 Å². The Morgan fingerprint density at radius 1 is 0.839 bits per heavy atom. The van der Waals surface area contributed by atoms with Gasteiger partial charge in [0, 0.05) is 17.4 Å². The normalized spacial score (nSPS) is 12.4. The van der Waals surface area contributed by atoms with Crippen LogP contribution in [-0.4, -0.2) is 50.1 Å². The standard InChI is InChI=1S/C24H31N3O4/c1-4-30-21-12-11-20(14-22(21)31-5-2)26-24(29)16-27(3)15-23(28)25-19-10-9-17-7-6-8-18(17)13-19/h9-14H,4-8,15-16H2,1-3H3,(H,25,28)(H,26,29). The number of aryl methyl sites for hydroxylation is 2. The molecule has 3 rings (SSSR count). The quantitative estimate of drug-likeness (QED) is 0.609. The van der Waals surface area contributed by atoms with E-state index in [1.807, 2.05) is 19.9 Å². The number of carbonyl (C=O) groups excluding carboxylic acids is 2. The molecule has 0 unspecified atom stereocenters. The Morgan fingerprint density at radius 2 is 1.42 bits per heavy atom. The molecule has 0 heterocycles. The molecule has 31 heavy (non-hydrogen) atoms. The van der Waals surface area contributed by atoms with Crippen LogP contribution < -0.4 is 20.1 Å². The molecule has 0 atom stereocenters. The fourth-order valence-corrected chi connectivity index (χ4v) is 3.73. The maximum atomic E-state index is 12.4. The van der Waals surface area contributed by atoms with Crippen molar-refractivity contribution in [1.82, 2.24) is 4.90 Å². The van der Waals surface area contributed by atoms with Crippen molar-refractivity contribution < 1.29 is 19.1 Å². The number of likely N-dealkylation sites (N-methyl/N-ethyl adjacent to an activating group) is 1. The van der Waals surface area contributed by atoms with E-state index in [9.17, 15) is 9.59 Å². The zero-order valence-electron chi connectivity index (χ0n) is 18.5. The molecule has 0 spiro atoms. The average Bonchev–Trinajstić information content (AvgIpc) is 3.17. The van der Waals surface area contributed by atoms with Gasteiger partial charge in [-0.2, -0.15) is 0 Å². The maximum absolute atomic E-state index is 12.4. The highest BCUT2D eigenvalue weighted by Crippen LogP contribution is 2.30. The van der Waals surface area contributed by atoms with Gasteiger partial charge >= 0.3 is 0 Å². The van der Waals surface area contributed by atoms with Crippen molar-refractivity contribution in [3.05, 3.63) is 47.5 Å².